The second-order valence-electron chi connectivity index (χ2n) is 3.07. The van der Waals surface area contributed by atoms with Crippen LogP contribution >= 0.6 is 11.9 Å². The molecule has 0 aliphatic carbocycles. The average molecular weight is 222 g/mol. The van der Waals surface area contributed by atoms with Gasteiger partial charge in [0.2, 0.25) is 0 Å². The number of benzene rings is 1. The summed E-state index contributed by atoms with van der Waals surface area (Å²) in [7, 11) is 0. The first-order valence-corrected chi connectivity index (χ1v) is 5.66. The maximum atomic E-state index is 11.6. The van der Waals surface area contributed by atoms with Crippen molar-refractivity contribution in [3.05, 3.63) is 29.8 Å². The Bertz CT molecular complexity index is 420. The van der Waals surface area contributed by atoms with Crippen LogP contribution in [0, 0.1) is 0 Å². The molecule has 1 aromatic carbocycles. The van der Waals surface area contributed by atoms with Gasteiger partial charge < -0.3 is 5.32 Å². The molecule has 0 radical (unpaired) electrons. The van der Waals surface area contributed by atoms with Gasteiger partial charge in [0.15, 0.2) is 0 Å². The van der Waals surface area contributed by atoms with E-state index in [4.69, 9.17) is 0 Å². The first-order chi connectivity index (χ1) is 7.24. The molecule has 0 spiro atoms. The highest BCUT2D eigenvalue weighted by Gasteiger charge is 2.25. The Morgan fingerprint density at radius 3 is 2.80 bits per heavy atom. The van der Waals surface area contributed by atoms with Crippen molar-refractivity contribution >= 4 is 29.4 Å². The Labute approximate surface area is 91.8 Å². The van der Waals surface area contributed by atoms with Gasteiger partial charge in [-0.05, 0) is 24.1 Å². The third kappa shape index (κ3) is 1.70. The highest BCUT2D eigenvalue weighted by molar-refractivity contribution is 8.00. The number of anilines is 1. The largest absolute Gasteiger partial charge is 0.343 e. The molecule has 0 fully saturated rings. The van der Waals surface area contributed by atoms with Crippen molar-refractivity contribution < 1.29 is 9.59 Å². The molecular weight excluding hydrogens is 212 g/mol. The fourth-order valence-corrected chi connectivity index (χ4v) is 2.12. The quantitative estimate of drug-likeness (QED) is 0.722. The molecule has 0 aromatic heterocycles. The average Bonchev–Trinajstić information content (AvgIpc) is 2.38. The number of para-hydroxylation sites is 1. The Hall–Kier alpha value is -1.49. The van der Waals surface area contributed by atoms with Gasteiger partial charge in [-0.3, -0.25) is 13.9 Å². The third-order valence-corrected chi connectivity index (χ3v) is 2.94. The van der Waals surface area contributed by atoms with E-state index in [1.165, 1.54) is 16.3 Å². The lowest BCUT2D eigenvalue weighted by Crippen LogP contribution is -2.32. The molecule has 1 heterocycles. The second-order valence-corrected chi connectivity index (χ2v) is 3.80. The van der Waals surface area contributed by atoms with Gasteiger partial charge in [-0.15, -0.1) is 0 Å². The number of carbonyl (C=O) groups is 2. The van der Waals surface area contributed by atoms with Crippen LogP contribution in [0.4, 0.5) is 5.69 Å². The van der Waals surface area contributed by atoms with E-state index >= 15 is 0 Å². The van der Waals surface area contributed by atoms with Crippen LogP contribution in [0.5, 0.6) is 0 Å². The molecular formula is C10H10N2O2S. The van der Waals surface area contributed by atoms with Crippen LogP contribution < -0.4 is 9.62 Å². The summed E-state index contributed by atoms with van der Waals surface area (Å²) in [6.07, 6.45) is 1.81. The Morgan fingerprint density at radius 2 is 2.07 bits per heavy atom. The molecule has 0 atom stereocenters. The minimum atomic E-state index is -0.199. The van der Waals surface area contributed by atoms with Crippen molar-refractivity contribution in [1.82, 2.24) is 5.32 Å². The topological polar surface area (TPSA) is 49.4 Å². The summed E-state index contributed by atoms with van der Waals surface area (Å²) in [4.78, 5) is 23.3. The number of rotatable bonds is 1. The molecule has 0 saturated carbocycles. The minimum absolute atomic E-state index is 0.0500. The van der Waals surface area contributed by atoms with Gasteiger partial charge in [-0.1, -0.05) is 12.1 Å². The SMILES string of the molecule is CSN1C(=O)CNC(=O)c2ccccc21. The summed E-state index contributed by atoms with van der Waals surface area (Å²) in [5, 5.41) is 2.57. The lowest BCUT2D eigenvalue weighted by atomic mass is 10.2. The lowest BCUT2D eigenvalue weighted by molar-refractivity contribution is -0.116. The molecule has 78 valence electrons. The second kappa shape index (κ2) is 3.94. The van der Waals surface area contributed by atoms with Crippen molar-refractivity contribution in [3.63, 3.8) is 0 Å². The van der Waals surface area contributed by atoms with Gasteiger partial charge in [0, 0.05) is 6.26 Å². The predicted octanol–water partition coefficient (Wildman–Crippen LogP) is 1.04. The summed E-state index contributed by atoms with van der Waals surface area (Å²) in [5.41, 5.74) is 1.20. The van der Waals surface area contributed by atoms with Crippen molar-refractivity contribution in [2.75, 3.05) is 17.1 Å². The van der Waals surface area contributed by atoms with Crippen LogP contribution in [0.2, 0.25) is 0 Å². The first-order valence-electron chi connectivity index (χ1n) is 4.48. The summed E-state index contributed by atoms with van der Waals surface area (Å²) >= 11 is 1.30. The minimum Gasteiger partial charge on any atom is -0.343 e. The van der Waals surface area contributed by atoms with Crippen molar-refractivity contribution in [2.24, 2.45) is 0 Å². The summed E-state index contributed by atoms with van der Waals surface area (Å²) in [5.74, 6) is -0.309. The summed E-state index contributed by atoms with van der Waals surface area (Å²) in [6.45, 7) is 0.0500. The van der Waals surface area contributed by atoms with Crippen molar-refractivity contribution in [3.8, 4) is 0 Å². The first kappa shape index (κ1) is 10.0. The molecule has 0 unspecified atom stereocenters. The zero-order valence-corrected chi connectivity index (χ0v) is 9.00. The van der Waals surface area contributed by atoms with Gasteiger partial charge in [-0.25, -0.2) is 0 Å². The van der Waals surface area contributed by atoms with Crippen molar-refractivity contribution in [1.29, 1.82) is 0 Å². The van der Waals surface area contributed by atoms with E-state index in [2.05, 4.69) is 5.32 Å². The summed E-state index contributed by atoms with van der Waals surface area (Å²) in [6, 6.07) is 7.09. The molecule has 0 bridgehead atoms. The molecule has 1 aliphatic heterocycles. The molecule has 1 aliphatic rings. The molecule has 0 saturated heterocycles. The molecule has 1 aromatic rings. The zero-order chi connectivity index (χ0) is 10.8. The molecule has 4 nitrogen and oxygen atoms in total. The van der Waals surface area contributed by atoms with Gasteiger partial charge in [-0.2, -0.15) is 0 Å². The van der Waals surface area contributed by atoms with Crippen LogP contribution in [0.1, 0.15) is 10.4 Å². The number of nitrogens with one attached hydrogen (secondary N) is 1. The van der Waals surface area contributed by atoms with E-state index in [1.54, 1.807) is 18.2 Å². The lowest BCUT2D eigenvalue weighted by Gasteiger charge is -2.17. The fourth-order valence-electron chi connectivity index (χ4n) is 1.50. The summed E-state index contributed by atoms with van der Waals surface area (Å²) < 4.78 is 1.53. The monoisotopic (exact) mass is 222 g/mol. The molecule has 1 N–H and O–H groups in total. The Morgan fingerprint density at radius 1 is 1.33 bits per heavy atom. The maximum absolute atomic E-state index is 11.6. The molecule has 2 rings (SSSR count). The highest BCUT2D eigenvalue weighted by Crippen LogP contribution is 2.26. The Kier molecular flexibility index (Phi) is 2.64. The van der Waals surface area contributed by atoms with Crippen LogP contribution in [0.25, 0.3) is 0 Å². The van der Waals surface area contributed by atoms with Gasteiger partial charge in [0.05, 0.1) is 17.8 Å². The van der Waals surface area contributed by atoms with E-state index in [-0.39, 0.29) is 18.4 Å². The number of amides is 2. The number of fused-ring (bicyclic) bond motifs is 1. The predicted molar refractivity (Wildman–Crippen MR) is 59.8 cm³/mol. The van der Waals surface area contributed by atoms with Gasteiger partial charge in [0.25, 0.3) is 11.8 Å². The maximum Gasteiger partial charge on any atom is 0.256 e. The third-order valence-electron chi connectivity index (χ3n) is 2.18. The number of carbonyl (C=O) groups excluding carboxylic acids is 2. The van der Waals surface area contributed by atoms with E-state index in [0.717, 1.165) is 0 Å². The fraction of sp³-hybridized carbons (Fsp3) is 0.200. The van der Waals surface area contributed by atoms with Gasteiger partial charge in [0.1, 0.15) is 0 Å². The van der Waals surface area contributed by atoms with Crippen LogP contribution in [-0.4, -0.2) is 24.6 Å². The van der Waals surface area contributed by atoms with Crippen molar-refractivity contribution in [2.45, 2.75) is 0 Å². The normalized spacial score (nSPS) is 15.7. The highest BCUT2D eigenvalue weighted by atomic mass is 32.2. The standard InChI is InChI=1S/C10H10N2O2S/c1-15-12-8-5-3-2-4-7(8)10(14)11-6-9(12)13/h2-5H,6H2,1H3,(H,11,14). The number of nitrogens with zero attached hydrogens (tertiary/aromatic N) is 1. The van der Waals surface area contributed by atoms with E-state index < -0.39 is 0 Å². The molecule has 5 heteroatoms. The smallest absolute Gasteiger partial charge is 0.256 e. The van der Waals surface area contributed by atoms with Crippen LogP contribution in [0.15, 0.2) is 24.3 Å². The number of hydrogen-bond donors (Lipinski definition) is 1. The van der Waals surface area contributed by atoms with Crippen LogP contribution in [-0.2, 0) is 4.79 Å². The number of hydrogen-bond acceptors (Lipinski definition) is 3. The van der Waals surface area contributed by atoms with Gasteiger partial charge >= 0.3 is 0 Å². The Balaban J connectivity index is 2.55. The molecule has 2 amide bonds. The zero-order valence-electron chi connectivity index (χ0n) is 8.19. The van der Waals surface area contributed by atoms with E-state index in [9.17, 15) is 9.59 Å². The molecule has 15 heavy (non-hydrogen) atoms. The van der Waals surface area contributed by atoms with Crippen LogP contribution in [0.3, 0.4) is 0 Å². The van der Waals surface area contributed by atoms with E-state index in [1.807, 2.05) is 12.3 Å². The van der Waals surface area contributed by atoms with E-state index in [0.29, 0.717) is 11.3 Å².